The molecular formula is C54H39N5O. The normalized spacial score (nSPS) is 13.4. The molecule has 0 spiro atoms. The van der Waals surface area contributed by atoms with Crippen molar-refractivity contribution in [3.05, 3.63) is 211 Å². The van der Waals surface area contributed by atoms with Crippen LogP contribution in [0.5, 0.6) is 11.5 Å². The summed E-state index contributed by atoms with van der Waals surface area (Å²) in [6.07, 6.45) is 0. The van der Waals surface area contributed by atoms with Crippen LogP contribution < -0.4 is 14.5 Å². The Balaban J connectivity index is 0.971. The van der Waals surface area contributed by atoms with E-state index in [4.69, 9.17) is 19.7 Å². The van der Waals surface area contributed by atoms with E-state index in [9.17, 15) is 0 Å². The van der Waals surface area contributed by atoms with Gasteiger partial charge in [0.25, 0.3) is 0 Å². The predicted molar refractivity (Wildman–Crippen MR) is 243 cm³/mol. The average Bonchev–Trinajstić information content (AvgIpc) is 3.31. The Morgan fingerprint density at radius 1 is 0.350 bits per heavy atom. The van der Waals surface area contributed by atoms with Gasteiger partial charge in [-0.2, -0.15) is 0 Å². The summed E-state index contributed by atoms with van der Waals surface area (Å²) in [6.45, 7) is 4.66. The Morgan fingerprint density at radius 3 is 1.43 bits per heavy atom. The number of rotatable bonds is 6. The highest BCUT2D eigenvalue weighted by molar-refractivity contribution is 5.90. The Morgan fingerprint density at radius 2 is 0.783 bits per heavy atom. The van der Waals surface area contributed by atoms with Gasteiger partial charge in [0.2, 0.25) is 0 Å². The van der Waals surface area contributed by atoms with Crippen LogP contribution in [0.25, 0.3) is 45.3 Å². The van der Waals surface area contributed by atoms with Crippen LogP contribution >= 0.6 is 0 Å². The van der Waals surface area contributed by atoms with Crippen molar-refractivity contribution in [3.63, 3.8) is 0 Å². The van der Waals surface area contributed by atoms with Crippen molar-refractivity contribution in [2.45, 2.75) is 19.3 Å². The molecule has 0 saturated carbocycles. The fraction of sp³-hybridized carbons (Fsp3) is 0.0556. The molecule has 286 valence electrons. The van der Waals surface area contributed by atoms with Crippen molar-refractivity contribution in [1.82, 2.24) is 15.0 Å². The van der Waals surface area contributed by atoms with E-state index in [0.717, 1.165) is 62.1 Å². The van der Waals surface area contributed by atoms with Crippen LogP contribution in [-0.2, 0) is 5.41 Å². The number of hydrogen-bond donors (Lipinski definition) is 0. The molecular weight excluding hydrogens is 735 g/mol. The van der Waals surface area contributed by atoms with Crippen LogP contribution in [0, 0.1) is 0 Å². The third-order valence-corrected chi connectivity index (χ3v) is 11.7. The molecule has 0 saturated heterocycles. The molecule has 8 aromatic carbocycles. The molecule has 2 aliphatic heterocycles. The Bertz CT molecular complexity index is 2980. The van der Waals surface area contributed by atoms with Gasteiger partial charge < -0.3 is 14.5 Å². The van der Waals surface area contributed by atoms with Gasteiger partial charge in [0.05, 0.1) is 22.7 Å². The van der Waals surface area contributed by atoms with E-state index >= 15 is 0 Å². The van der Waals surface area contributed by atoms with Gasteiger partial charge in [-0.05, 0) is 101 Å². The highest BCUT2D eigenvalue weighted by Crippen LogP contribution is 2.54. The SMILES string of the molecule is CC1(C)c2ccccc2N(c2ccccc2)c2ccc(-c3ccc4c(c3)Oc3ccccc3N4c3ccc(-c4nc(-c5ccccc5)nc(-c5ccccc5)n4)cc3)cc21. The minimum atomic E-state index is -0.215. The maximum atomic E-state index is 6.69. The lowest BCUT2D eigenvalue weighted by atomic mass is 9.73. The maximum absolute atomic E-state index is 6.69. The number of benzene rings is 8. The highest BCUT2D eigenvalue weighted by atomic mass is 16.5. The van der Waals surface area contributed by atoms with E-state index < -0.39 is 0 Å². The van der Waals surface area contributed by atoms with Crippen molar-refractivity contribution >= 4 is 34.1 Å². The van der Waals surface area contributed by atoms with Crippen molar-refractivity contribution in [3.8, 4) is 56.8 Å². The summed E-state index contributed by atoms with van der Waals surface area (Å²) in [5.41, 5.74) is 13.8. The molecule has 0 unspecified atom stereocenters. The van der Waals surface area contributed by atoms with Gasteiger partial charge in [-0.25, -0.2) is 15.0 Å². The standard InChI is InChI=1S/C54H39N5O/c1-54(2)43-22-12-13-23-45(43)58(41-20-10-5-11-21-41)46-32-28-39(34-44(46)54)40-29-33-48-50(35-40)60-49-25-15-14-24-47(49)59(48)42-30-26-38(27-31-42)53-56-51(36-16-6-3-7-17-36)55-52(57-53)37-18-8-4-9-19-37/h3-35H,1-2H3. The van der Waals surface area contributed by atoms with E-state index in [2.05, 4.69) is 151 Å². The lowest BCUT2D eigenvalue weighted by Gasteiger charge is -2.42. The molecule has 0 bridgehead atoms. The van der Waals surface area contributed by atoms with Gasteiger partial charge in [-0.1, -0.05) is 135 Å². The zero-order chi connectivity index (χ0) is 40.2. The Kier molecular flexibility index (Phi) is 8.38. The smallest absolute Gasteiger partial charge is 0.164 e. The maximum Gasteiger partial charge on any atom is 0.164 e. The number of fused-ring (bicyclic) bond motifs is 4. The number of hydrogen-bond acceptors (Lipinski definition) is 6. The Hall–Kier alpha value is -7.83. The second kappa shape index (κ2) is 14.2. The van der Waals surface area contributed by atoms with Gasteiger partial charge in [0, 0.05) is 33.5 Å². The third-order valence-electron chi connectivity index (χ3n) is 11.7. The number of anilines is 6. The van der Waals surface area contributed by atoms with Gasteiger partial charge in [0.15, 0.2) is 29.0 Å². The first-order valence-electron chi connectivity index (χ1n) is 20.3. The van der Waals surface area contributed by atoms with E-state index in [-0.39, 0.29) is 5.41 Å². The zero-order valence-electron chi connectivity index (χ0n) is 33.2. The van der Waals surface area contributed by atoms with Crippen molar-refractivity contribution < 1.29 is 4.74 Å². The molecule has 0 radical (unpaired) electrons. The summed E-state index contributed by atoms with van der Waals surface area (Å²) >= 11 is 0. The van der Waals surface area contributed by atoms with Crippen molar-refractivity contribution in [2.75, 3.05) is 9.80 Å². The Labute approximate surface area is 349 Å². The molecule has 60 heavy (non-hydrogen) atoms. The predicted octanol–water partition coefficient (Wildman–Crippen LogP) is 14.2. The fourth-order valence-corrected chi connectivity index (χ4v) is 8.65. The van der Waals surface area contributed by atoms with Crippen LogP contribution in [-0.4, -0.2) is 15.0 Å². The minimum absolute atomic E-state index is 0.215. The number of nitrogens with zero attached hydrogens (tertiary/aromatic N) is 5. The molecule has 0 atom stereocenters. The molecule has 3 heterocycles. The second-order valence-electron chi connectivity index (χ2n) is 15.7. The van der Waals surface area contributed by atoms with E-state index in [1.807, 2.05) is 72.8 Å². The molecule has 1 aromatic heterocycles. The quantitative estimate of drug-likeness (QED) is 0.168. The number of para-hydroxylation sites is 4. The van der Waals surface area contributed by atoms with Crippen LogP contribution in [0.3, 0.4) is 0 Å². The summed E-state index contributed by atoms with van der Waals surface area (Å²) in [6, 6.07) is 69.6. The molecule has 6 nitrogen and oxygen atoms in total. The van der Waals surface area contributed by atoms with Crippen LogP contribution in [0.4, 0.5) is 34.1 Å². The van der Waals surface area contributed by atoms with Crippen molar-refractivity contribution in [2.24, 2.45) is 0 Å². The first-order valence-corrected chi connectivity index (χ1v) is 20.3. The van der Waals surface area contributed by atoms with E-state index in [1.54, 1.807) is 0 Å². The topological polar surface area (TPSA) is 54.4 Å². The molecule has 9 aromatic rings. The first-order chi connectivity index (χ1) is 29.5. The third kappa shape index (κ3) is 6.00. The second-order valence-corrected chi connectivity index (χ2v) is 15.7. The number of ether oxygens (including phenoxy) is 1. The lowest BCUT2D eigenvalue weighted by Crippen LogP contribution is -2.30. The molecule has 6 heteroatoms. The van der Waals surface area contributed by atoms with Gasteiger partial charge in [0.1, 0.15) is 0 Å². The summed E-state index contributed by atoms with van der Waals surface area (Å²) in [7, 11) is 0. The minimum Gasteiger partial charge on any atom is -0.453 e. The van der Waals surface area contributed by atoms with E-state index in [1.165, 1.54) is 22.5 Å². The zero-order valence-corrected chi connectivity index (χ0v) is 33.2. The molecule has 0 amide bonds. The largest absolute Gasteiger partial charge is 0.453 e. The summed E-state index contributed by atoms with van der Waals surface area (Å²) in [5, 5.41) is 0. The number of aromatic nitrogens is 3. The van der Waals surface area contributed by atoms with Gasteiger partial charge in [-0.15, -0.1) is 0 Å². The summed E-state index contributed by atoms with van der Waals surface area (Å²) < 4.78 is 6.69. The fourth-order valence-electron chi connectivity index (χ4n) is 8.65. The summed E-state index contributed by atoms with van der Waals surface area (Å²) in [4.78, 5) is 19.5. The molecule has 2 aliphatic rings. The highest BCUT2D eigenvalue weighted by Gasteiger charge is 2.37. The molecule has 0 aliphatic carbocycles. The van der Waals surface area contributed by atoms with Crippen LogP contribution in [0.1, 0.15) is 25.0 Å². The monoisotopic (exact) mass is 773 g/mol. The van der Waals surface area contributed by atoms with E-state index in [0.29, 0.717) is 17.5 Å². The van der Waals surface area contributed by atoms with Crippen LogP contribution in [0.15, 0.2) is 200 Å². The lowest BCUT2D eigenvalue weighted by molar-refractivity contribution is 0.477. The van der Waals surface area contributed by atoms with Gasteiger partial charge >= 0.3 is 0 Å². The molecule has 0 fully saturated rings. The average molecular weight is 774 g/mol. The van der Waals surface area contributed by atoms with Crippen molar-refractivity contribution in [1.29, 1.82) is 0 Å². The van der Waals surface area contributed by atoms with Crippen LogP contribution in [0.2, 0.25) is 0 Å². The molecule has 11 rings (SSSR count). The van der Waals surface area contributed by atoms with Gasteiger partial charge in [-0.3, -0.25) is 0 Å². The molecule has 0 N–H and O–H groups in total. The summed E-state index contributed by atoms with van der Waals surface area (Å²) in [5.74, 6) is 3.48. The first kappa shape index (κ1) is 35.3.